The van der Waals surface area contributed by atoms with Crippen LogP contribution >= 0.6 is 0 Å². The highest BCUT2D eigenvalue weighted by molar-refractivity contribution is 6.01. The Morgan fingerprint density at radius 3 is 2.33 bits per heavy atom. The van der Waals surface area contributed by atoms with Crippen molar-refractivity contribution in [1.82, 2.24) is 19.6 Å². The van der Waals surface area contributed by atoms with Crippen molar-refractivity contribution < 1.29 is 23.6 Å². The summed E-state index contributed by atoms with van der Waals surface area (Å²) >= 11 is 0. The Kier molecular flexibility index (Phi) is 6.99. The first-order valence-corrected chi connectivity index (χ1v) is 9.94. The number of nitrogens with one attached hydrogen (secondary N) is 1. The monoisotopic (exact) mass is 419 g/mol. The lowest BCUT2D eigenvalue weighted by atomic mass is 10.2. The maximum atomic E-state index is 12.9. The van der Waals surface area contributed by atoms with Crippen LogP contribution < -0.4 is 5.32 Å². The van der Waals surface area contributed by atoms with Gasteiger partial charge in [0, 0.05) is 51.9 Å². The first-order chi connectivity index (χ1) is 14.3. The molecular formula is C20H26FN5O4. The molecular weight excluding hydrogens is 393 g/mol. The molecule has 2 saturated heterocycles. The number of nitrogens with zero attached hydrogens (tertiary/aromatic N) is 4. The van der Waals surface area contributed by atoms with E-state index in [0.717, 1.165) is 0 Å². The number of likely N-dealkylation sites (N-methyl/N-ethyl adjacent to an activating group) is 1. The Morgan fingerprint density at radius 2 is 1.73 bits per heavy atom. The molecule has 2 aliphatic heterocycles. The zero-order valence-corrected chi connectivity index (χ0v) is 17.0. The van der Waals surface area contributed by atoms with Crippen LogP contribution in [0.15, 0.2) is 24.3 Å². The van der Waals surface area contributed by atoms with Gasteiger partial charge in [-0.2, -0.15) is 0 Å². The van der Waals surface area contributed by atoms with Crippen molar-refractivity contribution >= 4 is 29.4 Å². The number of hydrogen-bond acceptors (Lipinski definition) is 5. The molecule has 0 aliphatic carbocycles. The lowest BCUT2D eigenvalue weighted by molar-refractivity contribution is -0.133. The van der Waals surface area contributed by atoms with Gasteiger partial charge in [-0.1, -0.05) is 0 Å². The topological polar surface area (TPSA) is 93.3 Å². The molecule has 30 heavy (non-hydrogen) atoms. The number of anilines is 1. The van der Waals surface area contributed by atoms with Gasteiger partial charge in [-0.3, -0.25) is 24.2 Å². The largest absolute Gasteiger partial charge is 0.340 e. The van der Waals surface area contributed by atoms with Crippen LogP contribution in [0.1, 0.15) is 12.8 Å². The van der Waals surface area contributed by atoms with Crippen molar-refractivity contribution in [3.63, 3.8) is 0 Å². The zero-order valence-electron chi connectivity index (χ0n) is 17.0. The van der Waals surface area contributed by atoms with E-state index in [1.807, 2.05) is 4.90 Å². The summed E-state index contributed by atoms with van der Waals surface area (Å²) in [5.74, 6) is -0.800. The molecule has 162 valence electrons. The van der Waals surface area contributed by atoms with Gasteiger partial charge in [0.2, 0.25) is 17.7 Å². The fraction of sp³-hybridized carbons (Fsp3) is 0.500. The number of halogens is 1. The van der Waals surface area contributed by atoms with Crippen LogP contribution in [0.4, 0.5) is 14.9 Å². The standard InChI is InChI=1S/C20H26FN5O4/c1-23-14-19(29)26(20(23)30)8-2-3-18(28)25-11-9-24(10-12-25)13-17(27)22-16-6-4-15(21)5-7-16/h4-7H,2-3,8-14H2,1H3,(H,22,27). The molecule has 0 saturated carbocycles. The Hall–Kier alpha value is -3.01. The molecule has 0 bridgehead atoms. The lowest BCUT2D eigenvalue weighted by Gasteiger charge is -2.34. The van der Waals surface area contributed by atoms with Gasteiger partial charge in [-0.05, 0) is 30.7 Å². The number of amides is 5. The average Bonchev–Trinajstić information content (AvgIpc) is 2.96. The number of benzene rings is 1. The summed E-state index contributed by atoms with van der Waals surface area (Å²) in [7, 11) is 1.57. The van der Waals surface area contributed by atoms with E-state index in [0.29, 0.717) is 38.3 Å². The third-order valence-electron chi connectivity index (χ3n) is 5.22. The predicted octanol–water partition coefficient (Wildman–Crippen LogP) is 0.583. The van der Waals surface area contributed by atoms with Gasteiger partial charge in [0.15, 0.2) is 0 Å². The Labute approximate surface area is 174 Å². The molecule has 1 aromatic carbocycles. The Balaban J connectivity index is 1.35. The van der Waals surface area contributed by atoms with Crippen molar-refractivity contribution in [2.75, 3.05) is 58.2 Å². The van der Waals surface area contributed by atoms with Gasteiger partial charge < -0.3 is 15.1 Å². The second-order valence-electron chi connectivity index (χ2n) is 7.50. The van der Waals surface area contributed by atoms with E-state index in [2.05, 4.69) is 5.32 Å². The quantitative estimate of drug-likeness (QED) is 0.653. The predicted molar refractivity (Wildman–Crippen MR) is 107 cm³/mol. The fourth-order valence-corrected chi connectivity index (χ4v) is 3.53. The SMILES string of the molecule is CN1CC(=O)N(CCCC(=O)N2CCN(CC(=O)Nc3ccc(F)cc3)CC2)C1=O. The number of imide groups is 1. The van der Waals surface area contributed by atoms with Crippen LogP contribution in [0.3, 0.4) is 0 Å². The van der Waals surface area contributed by atoms with Gasteiger partial charge in [0.05, 0.1) is 6.54 Å². The Bertz CT molecular complexity index is 808. The highest BCUT2D eigenvalue weighted by Gasteiger charge is 2.33. The minimum atomic E-state index is -0.361. The smallest absolute Gasteiger partial charge is 0.326 e. The second-order valence-corrected chi connectivity index (χ2v) is 7.50. The van der Waals surface area contributed by atoms with E-state index in [1.165, 1.54) is 34.1 Å². The summed E-state index contributed by atoms with van der Waals surface area (Å²) in [6, 6.07) is 5.26. The lowest BCUT2D eigenvalue weighted by Crippen LogP contribution is -2.50. The molecule has 10 heteroatoms. The molecule has 0 spiro atoms. The van der Waals surface area contributed by atoms with Crippen molar-refractivity contribution in [2.24, 2.45) is 0 Å². The molecule has 2 heterocycles. The third kappa shape index (κ3) is 5.53. The van der Waals surface area contributed by atoms with Gasteiger partial charge >= 0.3 is 6.03 Å². The van der Waals surface area contributed by atoms with E-state index >= 15 is 0 Å². The van der Waals surface area contributed by atoms with Crippen LogP contribution in [-0.4, -0.2) is 96.2 Å². The van der Waals surface area contributed by atoms with Crippen LogP contribution in [0.5, 0.6) is 0 Å². The second kappa shape index (κ2) is 9.66. The number of carbonyl (C=O) groups is 4. The zero-order chi connectivity index (χ0) is 21.7. The molecule has 1 aromatic rings. The summed E-state index contributed by atoms with van der Waals surface area (Å²) in [5, 5.41) is 2.72. The molecule has 9 nitrogen and oxygen atoms in total. The summed E-state index contributed by atoms with van der Waals surface area (Å²) in [6.07, 6.45) is 0.705. The van der Waals surface area contributed by atoms with E-state index < -0.39 is 0 Å². The maximum Gasteiger partial charge on any atom is 0.326 e. The number of piperazine rings is 1. The van der Waals surface area contributed by atoms with E-state index in [9.17, 15) is 23.6 Å². The number of rotatable bonds is 7. The number of carbonyl (C=O) groups excluding carboxylic acids is 4. The summed E-state index contributed by atoms with van der Waals surface area (Å²) in [4.78, 5) is 54.3. The normalized spacial score (nSPS) is 17.6. The molecule has 2 aliphatic rings. The third-order valence-corrected chi connectivity index (χ3v) is 5.22. The Morgan fingerprint density at radius 1 is 1.07 bits per heavy atom. The van der Waals surface area contributed by atoms with Gasteiger partial charge in [-0.15, -0.1) is 0 Å². The average molecular weight is 419 g/mol. The van der Waals surface area contributed by atoms with Gasteiger partial charge in [-0.25, -0.2) is 9.18 Å². The minimum absolute atomic E-state index is 0.0159. The van der Waals surface area contributed by atoms with Crippen LogP contribution in [-0.2, 0) is 14.4 Å². The maximum absolute atomic E-state index is 12.9. The molecule has 2 fully saturated rings. The minimum Gasteiger partial charge on any atom is -0.340 e. The molecule has 1 N–H and O–H groups in total. The molecule has 3 rings (SSSR count). The van der Waals surface area contributed by atoms with Crippen LogP contribution in [0, 0.1) is 5.82 Å². The van der Waals surface area contributed by atoms with Crippen molar-refractivity contribution in [3.05, 3.63) is 30.1 Å². The highest BCUT2D eigenvalue weighted by Crippen LogP contribution is 2.12. The van der Waals surface area contributed by atoms with E-state index in [1.54, 1.807) is 11.9 Å². The summed E-state index contributed by atoms with van der Waals surface area (Å²) < 4.78 is 12.9. The van der Waals surface area contributed by atoms with Crippen molar-refractivity contribution in [2.45, 2.75) is 12.8 Å². The molecule has 5 amide bonds. The van der Waals surface area contributed by atoms with Crippen LogP contribution in [0.25, 0.3) is 0 Å². The fourth-order valence-electron chi connectivity index (χ4n) is 3.53. The number of urea groups is 1. The molecule has 0 unspecified atom stereocenters. The van der Waals surface area contributed by atoms with Gasteiger partial charge in [0.25, 0.3) is 0 Å². The molecule has 0 radical (unpaired) electrons. The first-order valence-electron chi connectivity index (χ1n) is 9.94. The van der Waals surface area contributed by atoms with E-state index in [-0.39, 0.29) is 55.6 Å². The molecule has 0 aromatic heterocycles. The summed E-state index contributed by atoms with van der Waals surface area (Å²) in [5.41, 5.74) is 0.538. The van der Waals surface area contributed by atoms with Crippen molar-refractivity contribution in [3.8, 4) is 0 Å². The highest BCUT2D eigenvalue weighted by atomic mass is 19.1. The van der Waals surface area contributed by atoms with Gasteiger partial charge in [0.1, 0.15) is 12.4 Å². The first kappa shape index (κ1) is 21.7. The number of hydrogen-bond donors (Lipinski definition) is 1. The summed E-state index contributed by atoms with van der Waals surface area (Å²) in [6.45, 7) is 2.74. The van der Waals surface area contributed by atoms with E-state index in [4.69, 9.17) is 0 Å². The van der Waals surface area contributed by atoms with Crippen LogP contribution in [0.2, 0.25) is 0 Å². The molecule has 0 atom stereocenters. The van der Waals surface area contributed by atoms with Crippen molar-refractivity contribution in [1.29, 1.82) is 0 Å².